The third-order valence-electron chi connectivity index (χ3n) is 4.49. The van der Waals surface area contributed by atoms with Gasteiger partial charge in [-0.25, -0.2) is 0 Å². The molecule has 0 aromatic heterocycles. The van der Waals surface area contributed by atoms with Crippen LogP contribution in [0.5, 0.6) is 5.75 Å². The molecule has 110 valence electrons. The third-order valence-corrected chi connectivity index (χ3v) is 4.49. The Morgan fingerprint density at radius 3 is 2.95 bits per heavy atom. The summed E-state index contributed by atoms with van der Waals surface area (Å²) >= 11 is 0. The maximum atomic E-state index is 6.03. The monoisotopic (exact) mass is 277 g/mol. The van der Waals surface area contributed by atoms with Gasteiger partial charge in [0, 0.05) is 38.7 Å². The van der Waals surface area contributed by atoms with Crippen molar-refractivity contribution in [3.8, 4) is 5.75 Å². The molecule has 1 aromatic carbocycles. The number of rotatable bonds is 4. The molecule has 0 unspecified atom stereocenters. The number of methoxy groups -OCH3 is 2. The summed E-state index contributed by atoms with van der Waals surface area (Å²) in [6.07, 6.45) is 2.38. The highest BCUT2D eigenvalue weighted by Crippen LogP contribution is 2.37. The summed E-state index contributed by atoms with van der Waals surface area (Å²) in [6, 6.07) is 8.24. The minimum atomic E-state index is 0.0166. The summed E-state index contributed by atoms with van der Waals surface area (Å²) in [5.74, 6) is 0.968. The van der Waals surface area contributed by atoms with Gasteiger partial charge in [-0.15, -0.1) is 0 Å². The zero-order valence-electron chi connectivity index (χ0n) is 12.3. The van der Waals surface area contributed by atoms with Gasteiger partial charge in [-0.05, 0) is 12.5 Å². The molecule has 1 spiro atoms. The molecule has 1 aromatic rings. The smallest absolute Gasteiger partial charge is 0.123 e. The molecule has 0 bridgehead atoms. The number of benzene rings is 1. The fraction of sp³-hybridized carbons (Fsp3) is 0.625. The first kappa shape index (κ1) is 13.9. The van der Waals surface area contributed by atoms with Crippen molar-refractivity contribution < 1.29 is 14.2 Å². The molecule has 2 aliphatic heterocycles. The topological polar surface area (TPSA) is 30.9 Å². The Kier molecular flexibility index (Phi) is 3.96. The summed E-state index contributed by atoms with van der Waals surface area (Å²) in [4.78, 5) is 2.45. The Hall–Kier alpha value is -1.10. The van der Waals surface area contributed by atoms with E-state index in [1.165, 1.54) is 5.56 Å². The van der Waals surface area contributed by atoms with Gasteiger partial charge in [-0.2, -0.15) is 0 Å². The average molecular weight is 277 g/mol. The van der Waals surface area contributed by atoms with E-state index in [1.807, 2.05) is 12.1 Å². The zero-order chi connectivity index (χ0) is 14.0. The van der Waals surface area contributed by atoms with Crippen LogP contribution in [0, 0.1) is 0 Å². The normalized spacial score (nSPS) is 30.2. The number of hydrogen-bond donors (Lipinski definition) is 0. The Balaban J connectivity index is 1.63. The summed E-state index contributed by atoms with van der Waals surface area (Å²) in [5, 5.41) is 0. The van der Waals surface area contributed by atoms with Gasteiger partial charge in [0.25, 0.3) is 0 Å². The van der Waals surface area contributed by atoms with E-state index in [2.05, 4.69) is 17.0 Å². The van der Waals surface area contributed by atoms with Gasteiger partial charge in [0.15, 0.2) is 0 Å². The number of nitrogens with zero attached hydrogens (tertiary/aromatic N) is 1. The van der Waals surface area contributed by atoms with Crippen molar-refractivity contribution in [1.82, 2.24) is 4.90 Å². The quantitative estimate of drug-likeness (QED) is 0.843. The van der Waals surface area contributed by atoms with Gasteiger partial charge in [0.2, 0.25) is 0 Å². The minimum absolute atomic E-state index is 0.0166. The van der Waals surface area contributed by atoms with E-state index in [9.17, 15) is 0 Å². The van der Waals surface area contributed by atoms with Crippen molar-refractivity contribution in [2.75, 3.05) is 33.9 Å². The van der Waals surface area contributed by atoms with E-state index in [4.69, 9.17) is 14.2 Å². The Morgan fingerprint density at radius 1 is 1.35 bits per heavy atom. The largest absolute Gasteiger partial charge is 0.496 e. The molecule has 0 radical (unpaired) electrons. The van der Waals surface area contributed by atoms with Crippen LogP contribution < -0.4 is 4.74 Å². The van der Waals surface area contributed by atoms with Crippen LogP contribution in [0.1, 0.15) is 18.4 Å². The fourth-order valence-electron chi connectivity index (χ4n) is 3.38. The van der Waals surface area contributed by atoms with E-state index in [0.29, 0.717) is 0 Å². The van der Waals surface area contributed by atoms with Crippen molar-refractivity contribution in [3.05, 3.63) is 29.8 Å². The lowest BCUT2D eigenvalue weighted by Crippen LogP contribution is -2.32. The minimum Gasteiger partial charge on any atom is -0.496 e. The second kappa shape index (κ2) is 5.72. The molecule has 20 heavy (non-hydrogen) atoms. The number of hydrogen-bond acceptors (Lipinski definition) is 4. The highest BCUT2D eigenvalue weighted by Gasteiger charge is 2.45. The molecule has 0 saturated carbocycles. The maximum Gasteiger partial charge on any atom is 0.123 e. The molecule has 0 amide bonds. The first-order valence-corrected chi connectivity index (χ1v) is 7.26. The lowest BCUT2D eigenvalue weighted by Gasteiger charge is -2.23. The van der Waals surface area contributed by atoms with Gasteiger partial charge in [-0.1, -0.05) is 18.2 Å². The number of likely N-dealkylation sites (tertiary alicyclic amines) is 1. The van der Waals surface area contributed by atoms with E-state index in [-0.39, 0.29) is 11.7 Å². The maximum absolute atomic E-state index is 6.03. The standard InChI is InChI=1S/C16H23NO3/c1-18-14-9-16(20-11-14)7-8-17(12-16)10-13-5-3-4-6-15(13)19-2/h3-6,14H,7-12H2,1-2H3/t14-,16+/m1/s1. The first-order chi connectivity index (χ1) is 9.74. The van der Waals surface area contributed by atoms with Gasteiger partial charge in [-0.3, -0.25) is 4.90 Å². The van der Waals surface area contributed by atoms with E-state index in [1.54, 1.807) is 14.2 Å². The molecule has 4 heteroatoms. The molecule has 2 fully saturated rings. The van der Waals surface area contributed by atoms with Gasteiger partial charge in [0.1, 0.15) is 5.75 Å². The lowest BCUT2D eigenvalue weighted by atomic mass is 9.98. The van der Waals surface area contributed by atoms with Crippen LogP contribution in [0.25, 0.3) is 0 Å². The van der Waals surface area contributed by atoms with Crippen LogP contribution in [0.4, 0.5) is 0 Å². The number of para-hydroxylation sites is 1. The van der Waals surface area contributed by atoms with Gasteiger partial charge < -0.3 is 14.2 Å². The first-order valence-electron chi connectivity index (χ1n) is 7.26. The molecule has 2 saturated heterocycles. The van der Waals surface area contributed by atoms with Crippen molar-refractivity contribution in [2.24, 2.45) is 0 Å². The van der Waals surface area contributed by atoms with Crippen molar-refractivity contribution >= 4 is 0 Å². The van der Waals surface area contributed by atoms with Crippen LogP contribution >= 0.6 is 0 Å². The Labute approximate surface area is 120 Å². The molecule has 3 rings (SSSR count). The number of ether oxygens (including phenoxy) is 3. The van der Waals surface area contributed by atoms with Crippen LogP contribution in [0.2, 0.25) is 0 Å². The second-order valence-corrected chi connectivity index (χ2v) is 5.83. The van der Waals surface area contributed by atoms with Crippen LogP contribution in [-0.2, 0) is 16.0 Å². The molecule has 2 atom stereocenters. The molecule has 0 N–H and O–H groups in total. The van der Waals surface area contributed by atoms with Crippen LogP contribution in [0.15, 0.2) is 24.3 Å². The lowest BCUT2D eigenvalue weighted by molar-refractivity contribution is 0.00630. The fourth-order valence-corrected chi connectivity index (χ4v) is 3.38. The van der Waals surface area contributed by atoms with Crippen molar-refractivity contribution in [1.29, 1.82) is 0 Å². The van der Waals surface area contributed by atoms with Crippen molar-refractivity contribution in [2.45, 2.75) is 31.1 Å². The predicted octanol–water partition coefficient (Wildman–Crippen LogP) is 2.08. The molecule has 2 aliphatic rings. The van der Waals surface area contributed by atoms with E-state index < -0.39 is 0 Å². The van der Waals surface area contributed by atoms with Gasteiger partial charge in [0.05, 0.1) is 25.4 Å². The molecule has 2 heterocycles. The van der Waals surface area contributed by atoms with Crippen LogP contribution in [-0.4, -0.2) is 50.5 Å². The average Bonchev–Trinajstić information content (AvgIpc) is 3.07. The second-order valence-electron chi connectivity index (χ2n) is 5.83. The molecule has 0 aliphatic carbocycles. The third kappa shape index (κ3) is 2.68. The van der Waals surface area contributed by atoms with Crippen molar-refractivity contribution in [3.63, 3.8) is 0 Å². The summed E-state index contributed by atoms with van der Waals surface area (Å²) in [6.45, 7) is 3.73. The molecule has 4 nitrogen and oxygen atoms in total. The molecular formula is C16H23NO3. The van der Waals surface area contributed by atoms with Crippen LogP contribution in [0.3, 0.4) is 0 Å². The van der Waals surface area contributed by atoms with E-state index in [0.717, 1.165) is 44.8 Å². The highest BCUT2D eigenvalue weighted by atomic mass is 16.6. The van der Waals surface area contributed by atoms with Gasteiger partial charge >= 0.3 is 0 Å². The summed E-state index contributed by atoms with van der Waals surface area (Å²) in [5.41, 5.74) is 1.26. The Bertz CT molecular complexity index is 465. The SMILES string of the molecule is COc1ccccc1CN1CC[C@]2(C[C@@H](OC)CO2)C1. The van der Waals surface area contributed by atoms with E-state index >= 15 is 0 Å². The summed E-state index contributed by atoms with van der Waals surface area (Å²) in [7, 11) is 3.50. The predicted molar refractivity (Wildman–Crippen MR) is 77.0 cm³/mol. The zero-order valence-corrected chi connectivity index (χ0v) is 12.3. The molecular weight excluding hydrogens is 254 g/mol. The summed E-state index contributed by atoms with van der Waals surface area (Å²) < 4.78 is 16.9. The Morgan fingerprint density at radius 2 is 2.20 bits per heavy atom. The highest BCUT2D eigenvalue weighted by molar-refractivity contribution is 5.33.